The van der Waals surface area contributed by atoms with E-state index in [1.54, 1.807) is 25.1 Å². The van der Waals surface area contributed by atoms with Gasteiger partial charge in [0.05, 0.1) is 6.10 Å². The van der Waals surface area contributed by atoms with Crippen molar-refractivity contribution in [2.45, 2.75) is 19.1 Å². The molecule has 0 heterocycles. The number of phenolic OH excluding ortho intramolecular Hbond substituents is 1. The van der Waals surface area contributed by atoms with Gasteiger partial charge in [-0.2, -0.15) is 0 Å². The van der Waals surface area contributed by atoms with E-state index in [1.807, 2.05) is 0 Å². The third kappa shape index (κ3) is 1.96. The van der Waals surface area contributed by atoms with Crippen LogP contribution in [-0.2, 0) is 0 Å². The lowest BCUT2D eigenvalue weighted by Crippen LogP contribution is -2.24. The van der Waals surface area contributed by atoms with Crippen LogP contribution < -0.4 is 5.73 Å². The van der Waals surface area contributed by atoms with Crippen molar-refractivity contribution in [1.29, 1.82) is 0 Å². The molecule has 1 aromatic rings. The molecule has 3 nitrogen and oxygen atoms in total. The highest BCUT2D eigenvalue weighted by Gasteiger charge is 2.11. The highest BCUT2D eigenvalue weighted by Crippen LogP contribution is 2.19. The van der Waals surface area contributed by atoms with Crippen molar-refractivity contribution in [3.05, 3.63) is 29.8 Å². The predicted molar refractivity (Wildman–Crippen MR) is 46.7 cm³/mol. The van der Waals surface area contributed by atoms with Crippen LogP contribution >= 0.6 is 0 Å². The Kier molecular flexibility index (Phi) is 2.68. The zero-order valence-corrected chi connectivity index (χ0v) is 6.94. The van der Waals surface area contributed by atoms with Gasteiger partial charge in [-0.15, -0.1) is 0 Å². The molecule has 3 heteroatoms. The summed E-state index contributed by atoms with van der Waals surface area (Å²) in [7, 11) is 0. The summed E-state index contributed by atoms with van der Waals surface area (Å²) in [5.74, 6) is 0.146. The van der Waals surface area contributed by atoms with Gasteiger partial charge in [0.2, 0.25) is 0 Å². The molecule has 0 amide bonds. The predicted octanol–water partition coefficient (Wildman–Crippen LogP) is 0.773. The maximum Gasteiger partial charge on any atom is 0.115 e. The third-order valence-electron chi connectivity index (χ3n) is 1.71. The smallest absolute Gasteiger partial charge is 0.115 e. The molecule has 4 N–H and O–H groups in total. The summed E-state index contributed by atoms with van der Waals surface area (Å²) in [5.41, 5.74) is 6.13. The number of hydrogen-bond donors (Lipinski definition) is 3. The minimum atomic E-state index is -0.711. The standard InChI is InChI=1S/C9H13NO2/c1-6(10)9(12)7-3-2-4-8(11)5-7/h2-6,9,11-12H,10H2,1H3/t6-,9+/m1/s1. The number of hydrogen-bond acceptors (Lipinski definition) is 3. The summed E-state index contributed by atoms with van der Waals surface area (Å²) in [6, 6.07) is 6.14. The van der Waals surface area contributed by atoms with Gasteiger partial charge in [0.1, 0.15) is 5.75 Å². The van der Waals surface area contributed by atoms with Gasteiger partial charge >= 0.3 is 0 Å². The van der Waals surface area contributed by atoms with Crippen molar-refractivity contribution < 1.29 is 10.2 Å². The van der Waals surface area contributed by atoms with E-state index < -0.39 is 6.10 Å². The minimum Gasteiger partial charge on any atom is -0.508 e. The fraction of sp³-hybridized carbons (Fsp3) is 0.333. The molecule has 0 aliphatic carbocycles. The van der Waals surface area contributed by atoms with Crippen LogP contribution in [-0.4, -0.2) is 16.3 Å². The fourth-order valence-electron chi connectivity index (χ4n) is 1.01. The van der Waals surface area contributed by atoms with Crippen molar-refractivity contribution in [1.82, 2.24) is 0 Å². The van der Waals surface area contributed by atoms with Crippen molar-refractivity contribution in [3.8, 4) is 5.75 Å². The van der Waals surface area contributed by atoms with E-state index in [0.29, 0.717) is 5.56 Å². The Morgan fingerprint density at radius 1 is 1.42 bits per heavy atom. The molecule has 0 aliphatic rings. The summed E-state index contributed by atoms with van der Waals surface area (Å²) in [4.78, 5) is 0. The van der Waals surface area contributed by atoms with Crippen molar-refractivity contribution in [2.24, 2.45) is 5.73 Å². The van der Waals surface area contributed by atoms with Gasteiger partial charge in [0, 0.05) is 6.04 Å². The topological polar surface area (TPSA) is 66.5 Å². The van der Waals surface area contributed by atoms with Gasteiger partial charge in [-0.1, -0.05) is 12.1 Å². The highest BCUT2D eigenvalue weighted by atomic mass is 16.3. The molecular weight excluding hydrogens is 154 g/mol. The molecule has 0 aromatic heterocycles. The lowest BCUT2D eigenvalue weighted by Gasteiger charge is -2.14. The third-order valence-corrected chi connectivity index (χ3v) is 1.71. The number of phenols is 1. The van der Waals surface area contributed by atoms with Gasteiger partial charge < -0.3 is 15.9 Å². The van der Waals surface area contributed by atoms with Crippen molar-refractivity contribution >= 4 is 0 Å². The molecule has 66 valence electrons. The normalized spacial score (nSPS) is 15.6. The molecule has 2 atom stereocenters. The Balaban J connectivity index is 2.88. The molecular formula is C9H13NO2. The van der Waals surface area contributed by atoms with E-state index in [1.165, 1.54) is 6.07 Å². The quantitative estimate of drug-likeness (QED) is 0.609. The minimum absolute atomic E-state index is 0.146. The Morgan fingerprint density at radius 3 is 2.58 bits per heavy atom. The first-order chi connectivity index (χ1) is 5.61. The molecule has 0 fully saturated rings. The van der Waals surface area contributed by atoms with E-state index in [0.717, 1.165) is 0 Å². The number of rotatable bonds is 2. The number of aliphatic hydroxyl groups excluding tert-OH is 1. The summed E-state index contributed by atoms with van der Waals surface area (Å²) in [5, 5.41) is 18.6. The van der Waals surface area contributed by atoms with Crippen molar-refractivity contribution in [3.63, 3.8) is 0 Å². The average Bonchev–Trinajstić information content (AvgIpc) is 2.03. The maximum absolute atomic E-state index is 9.49. The number of aromatic hydroxyl groups is 1. The zero-order valence-electron chi connectivity index (χ0n) is 6.94. The first-order valence-electron chi connectivity index (χ1n) is 3.84. The maximum atomic E-state index is 9.49. The summed E-state index contributed by atoms with van der Waals surface area (Å²) in [6.07, 6.45) is -0.711. The van der Waals surface area contributed by atoms with Gasteiger partial charge in [0.25, 0.3) is 0 Å². The molecule has 0 bridgehead atoms. The van der Waals surface area contributed by atoms with Crippen molar-refractivity contribution in [2.75, 3.05) is 0 Å². The van der Waals surface area contributed by atoms with Crippen LogP contribution in [0.25, 0.3) is 0 Å². The van der Waals surface area contributed by atoms with Crippen LogP contribution in [0.2, 0.25) is 0 Å². The monoisotopic (exact) mass is 167 g/mol. The molecule has 0 radical (unpaired) electrons. The second-order valence-corrected chi connectivity index (χ2v) is 2.90. The number of nitrogens with two attached hydrogens (primary N) is 1. The molecule has 0 aliphatic heterocycles. The molecule has 0 spiro atoms. The molecule has 0 unspecified atom stereocenters. The van der Waals surface area contributed by atoms with Crippen LogP contribution in [0.4, 0.5) is 0 Å². The summed E-state index contributed by atoms with van der Waals surface area (Å²) < 4.78 is 0. The van der Waals surface area contributed by atoms with E-state index in [2.05, 4.69) is 0 Å². The average molecular weight is 167 g/mol. The first-order valence-corrected chi connectivity index (χ1v) is 3.84. The van der Waals surface area contributed by atoms with Gasteiger partial charge in [0.15, 0.2) is 0 Å². The fourth-order valence-corrected chi connectivity index (χ4v) is 1.01. The van der Waals surface area contributed by atoms with E-state index in [4.69, 9.17) is 10.8 Å². The van der Waals surface area contributed by atoms with Crippen LogP contribution in [0.3, 0.4) is 0 Å². The highest BCUT2D eigenvalue weighted by molar-refractivity contribution is 5.29. The van der Waals surface area contributed by atoms with Gasteiger partial charge in [-0.25, -0.2) is 0 Å². The van der Waals surface area contributed by atoms with Gasteiger partial charge in [-0.05, 0) is 24.6 Å². The van der Waals surface area contributed by atoms with E-state index >= 15 is 0 Å². The second-order valence-electron chi connectivity index (χ2n) is 2.90. The molecule has 1 aromatic carbocycles. The molecule has 0 saturated heterocycles. The summed E-state index contributed by atoms with van der Waals surface area (Å²) >= 11 is 0. The Bertz CT molecular complexity index is 260. The van der Waals surface area contributed by atoms with Crippen LogP contribution in [0.1, 0.15) is 18.6 Å². The van der Waals surface area contributed by atoms with Crippen LogP contribution in [0.5, 0.6) is 5.75 Å². The summed E-state index contributed by atoms with van der Waals surface area (Å²) in [6.45, 7) is 1.72. The SMILES string of the molecule is C[C@@H](N)[C@H](O)c1cccc(O)c1. The molecule has 0 saturated carbocycles. The van der Waals surface area contributed by atoms with E-state index in [9.17, 15) is 5.11 Å². The second kappa shape index (κ2) is 3.56. The molecule has 1 rings (SSSR count). The van der Waals surface area contributed by atoms with Crippen LogP contribution in [0.15, 0.2) is 24.3 Å². The molecule has 12 heavy (non-hydrogen) atoms. The lowest BCUT2D eigenvalue weighted by molar-refractivity contribution is 0.153. The largest absolute Gasteiger partial charge is 0.508 e. The Hall–Kier alpha value is -1.06. The van der Waals surface area contributed by atoms with E-state index in [-0.39, 0.29) is 11.8 Å². The Morgan fingerprint density at radius 2 is 2.08 bits per heavy atom. The Labute approximate surface area is 71.5 Å². The zero-order chi connectivity index (χ0) is 9.14. The number of benzene rings is 1. The lowest BCUT2D eigenvalue weighted by atomic mass is 10.0. The first kappa shape index (κ1) is 9.03. The van der Waals surface area contributed by atoms with Gasteiger partial charge in [-0.3, -0.25) is 0 Å². The number of aliphatic hydroxyl groups is 1. The van der Waals surface area contributed by atoms with Crippen LogP contribution in [0, 0.1) is 0 Å².